The first kappa shape index (κ1) is 20.4. The highest BCUT2D eigenvalue weighted by Crippen LogP contribution is 2.29. The fourth-order valence-electron chi connectivity index (χ4n) is 3.01. The topological polar surface area (TPSA) is 78.3 Å². The number of aromatic nitrogens is 3. The summed E-state index contributed by atoms with van der Waals surface area (Å²) < 4.78 is 13.1. The average molecular weight is 403 g/mol. The largest absolute Gasteiger partial charge is 0.497 e. The van der Waals surface area contributed by atoms with E-state index in [1.165, 1.54) is 11.8 Å². The van der Waals surface area contributed by atoms with Crippen LogP contribution >= 0.6 is 11.8 Å². The molecule has 7 nitrogen and oxygen atoms in total. The predicted molar refractivity (Wildman–Crippen MR) is 110 cm³/mol. The first-order valence-electron chi connectivity index (χ1n) is 9.37. The van der Waals surface area contributed by atoms with Crippen LogP contribution in [0, 0.1) is 0 Å². The number of nitrogens with zero attached hydrogens (tertiary/aromatic N) is 3. The van der Waals surface area contributed by atoms with Gasteiger partial charge in [0, 0.05) is 18.7 Å². The summed E-state index contributed by atoms with van der Waals surface area (Å²) in [5.41, 5.74) is 0.946. The van der Waals surface area contributed by atoms with Crippen LogP contribution in [0.15, 0.2) is 42.1 Å². The molecule has 1 aliphatic heterocycles. The molecule has 1 aliphatic rings. The molecule has 8 heteroatoms. The van der Waals surface area contributed by atoms with Gasteiger partial charge in [-0.05, 0) is 44.0 Å². The summed E-state index contributed by atoms with van der Waals surface area (Å²) >= 11 is 1.40. The van der Waals surface area contributed by atoms with Crippen LogP contribution in [0.4, 0.5) is 0 Å². The molecular formula is C20H26N4O3S. The summed E-state index contributed by atoms with van der Waals surface area (Å²) in [6.07, 6.45) is 3.88. The molecule has 0 spiro atoms. The van der Waals surface area contributed by atoms with Crippen molar-refractivity contribution in [3.05, 3.63) is 36.9 Å². The number of benzene rings is 1. The number of thioether (sulfide) groups is 1. The minimum atomic E-state index is -0.295. The molecule has 1 saturated heterocycles. The van der Waals surface area contributed by atoms with E-state index in [2.05, 4.69) is 26.7 Å². The van der Waals surface area contributed by atoms with Crippen molar-refractivity contribution in [2.24, 2.45) is 0 Å². The van der Waals surface area contributed by atoms with Crippen LogP contribution in [0.1, 0.15) is 19.8 Å². The Bertz CT molecular complexity index is 800. The zero-order chi connectivity index (χ0) is 19.9. The maximum Gasteiger partial charge on any atom is 0.233 e. The quantitative estimate of drug-likeness (QED) is 0.513. The maximum atomic E-state index is 12.2. The van der Waals surface area contributed by atoms with E-state index in [-0.39, 0.29) is 17.3 Å². The first-order chi connectivity index (χ1) is 13.6. The zero-order valence-electron chi connectivity index (χ0n) is 16.3. The minimum absolute atomic E-state index is 0.0532. The van der Waals surface area contributed by atoms with E-state index in [1.54, 1.807) is 13.2 Å². The molecule has 0 aliphatic carbocycles. The lowest BCUT2D eigenvalue weighted by Gasteiger charge is -2.16. The van der Waals surface area contributed by atoms with E-state index in [4.69, 9.17) is 9.47 Å². The molecular weight excluding hydrogens is 376 g/mol. The van der Waals surface area contributed by atoms with E-state index >= 15 is 0 Å². The van der Waals surface area contributed by atoms with Crippen molar-refractivity contribution in [1.82, 2.24) is 20.1 Å². The number of rotatable bonds is 9. The molecule has 1 aromatic heterocycles. The van der Waals surface area contributed by atoms with Gasteiger partial charge in [-0.3, -0.25) is 9.36 Å². The number of amides is 1. The molecule has 1 fully saturated rings. The van der Waals surface area contributed by atoms with Crippen LogP contribution in [0.5, 0.6) is 5.75 Å². The third-order valence-corrected chi connectivity index (χ3v) is 5.63. The van der Waals surface area contributed by atoms with Crippen molar-refractivity contribution in [1.29, 1.82) is 0 Å². The van der Waals surface area contributed by atoms with Crippen molar-refractivity contribution < 1.29 is 14.3 Å². The third kappa shape index (κ3) is 4.94. The Morgan fingerprint density at radius 2 is 2.25 bits per heavy atom. The highest BCUT2D eigenvalue weighted by molar-refractivity contribution is 8.00. The average Bonchev–Trinajstić information content (AvgIpc) is 3.37. The molecule has 1 amide bonds. The van der Waals surface area contributed by atoms with E-state index in [0.717, 1.165) is 36.6 Å². The number of carbonyl (C=O) groups is 1. The van der Waals surface area contributed by atoms with Gasteiger partial charge in [-0.15, -0.1) is 16.8 Å². The van der Waals surface area contributed by atoms with Crippen molar-refractivity contribution in [2.75, 3.05) is 20.3 Å². The molecule has 1 N–H and O–H groups in total. The summed E-state index contributed by atoms with van der Waals surface area (Å²) in [4.78, 5) is 12.2. The monoisotopic (exact) mass is 402 g/mol. The summed E-state index contributed by atoms with van der Waals surface area (Å²) in [6.45, 7) is 7.39. The molecule has 0 bridgehead atoms. The third-order valence-electron chi connectivity index (χ3n) is 4.55. The Labute approximate surface area is 169 Å². The molecule has 150 valence electrons. The van der Waals surface area contributed by atoms with Crippen LogP contribution in [-0.4, -0.2) is 52.3 Å². The summed E-state index contributed by atoms with van der Waals surface area (Å²) in [5.74, 6) is 1.50. The van der Waals surface area contributed by atoms with E-state index in [0.29, 0.717) is 18.2 Å². The molecule has 0 unspecified atom stereocenters. The van der Waals surface area contributed by atoms with Crippen LogP contribution in [0.2, 0.25) is 0 Å². The summed E-state index contributed by atoms with van der Waals surface area (Å²) in [5, 5.41) is 12.0. The lowest BCUT2D eigenvalue weighted by molar-refractivity contribution is -0.120. The lowest BCUT2D eigenvalue weighted by Crippen LogP contribution is -2.31. The second kappa shape index (κ2) is 9.75. The van der Waals surface area contributed by atoms with Gasteiger partial charge in [0.15, 0.2) is 11.0 Å². The van der Waals surface area contributed by atoms with Gasteiger partial charge in [0.25, 0.3) is 0 Å². The van der Waals surface area contributed by atoms with Gasteiger partial charge in [-0.2, -0.15) is 0 Å². The summed E-state index contributed by atoms with van der Waals surface area (Å²) in [7, 11) is 1.64. The van der Waals surface area contributed by atoms with Gasteiger partial charge >= 0.3 is 0 Å². The van der Waals surface area contributed by atoms with Crippen molar-refractivity contribution in [3.63, 3.8) is 0 Å². The van der Waals surface area contributed by atoms with Crippen LogP contribution < -0.4 is 10.1 Å². The van der Waals surface area contributed by atoms with Crippen LogP contribution in [0.25, 0.3) is 11.4 Å². The SMILES string of the molecule is C=CCNC(=O)[C@@H](C)Sc1nnc(-c2ccc(OC)cc2)n1C[C@H]1CCCO1. The smallest absolute Gasteiger partial charge is 0.233 e. The van der Waals surface area contributed by atoms with Gasteiger partial charge in [0.05, 0.1) is 25.0 Å². The predicted octanol–water partition coefficient (Wildman–Crippen LogP) is 2.92. The molecule has 2 atom stereocenters. The van der Waals surface area contributed by atoms with Crippen LogP contribution in [0.3, 0.4) is 0 Å². The molecule has 1 aromatic carbocycles. The number of hydrogen-bond donors (Lipinski definition) is 1. The number of hydrogen-bond acceptors (Lipinski definition) is 6. The Morgan fingerprint density at radius 1 is 1.46 bits per heavy atom. The highest BCUT2D eigenvalue weighted by atomic mass is 32.2. The van der Waals surface area contributed by atoms with Gasteiger partial charge < -0.3 is 14.8 Å². The molecule has 2 heterocycles. The molecule has 28 heavy (non-hydrogen) atoms. The zero-order valence-corrected chi connectivity index (χ0v) is 17.1. The van der Waals surface area contributed by atoms with Crippen molar-refractivity contribution in [3.8, 4) is 17.1 Å². The fourth-order valence-corrected chi connectivity index (χ4v) is 3.90. The Balaban J connectivity index is 1.85. The van der Waals surface area contributed by atoms with E-state index in [1.807, 2.05) is 31.2 Å². The van der Waals surface area contributed by atoms with E-state index in [9.17, 15) is 4.79 Å². The molecule has 0 saturated carbocycles. The Kier molecular flexibility index (Phi) is 7.11. The van der Waals surface area contributed by atoms with Crippen molar-refractivity contribution in [2.45, 2.75) is 42.8 Å². The molecule has 3 rings (SSSR count). The van der Waals surface area contributed by atoms with Crippen molar-refractivity contribution >= 4 is 17.7 Å². The maximum absolute atomic E-state index is 12.2. The number of carbonyl (C=O) groups excluding carboxylic acids is 1. The van der Waals surface area contributed by atoms with Crippen LogP contribution in [-0.2, 0) is 16.1 Å². The number of ether oxygens (including phenoxy) is 2. The fraction of sp³-hybridized carbons (Fsp3) is 0.450. The Morgan fingerprint density at radius 3 is 2.89 bits per heavy atom. The number of methoxy groups -OCH3 is 1. The minimum Gasteiger partial charge on any atom is -0.497 e. The van der Waals surface area contributed by atoms with E-state index < -0.39 is 0 Å². The molecule has 2 aromatic rings. The second-order valence-electron chi connectivity index (χ2n) is 6.57. The van der Waals surface area contributed by atoms with Gasteiger partial charge in [-0.25, -0.2) is 0 Å². The first-order valence-corrected chi connectivity index (χ1v) is 10.2. The lowest BCUT2D eigenvalue weighted by atomic mass is 10.2. The molecule has 0 radical (unpaired) electrons. The second-order valence-corrected chi connectivity index (χ2v) is 7.88. The van der Waals surface area contributed by atoms with Gasteiger partial charge in [-0.1, -0.05) is 17.8 Å². The summed E-state index contributed by atoms with van der Waals surface area (Å²) in [6, 6.07) is 7.73. The van der Waals surface area contributed by atoms with Gasteiger partial charge in [0.1, 0.15) is 5.75 Å². The number of nitrogens with one attached hydrogen (secondary N) is 1. The van der Waals surface area contributed by atoms with Gasteiger partial charge in [0.2, 0.25) is 5.91 Å². The highest BCUT2D eigenvalue weighted by Gasteiger charge is 2.24. The normalized spacial score (nSPS) is 17.3. The standard InChI is InChI=1S/C20H26N4O3S/c1-4-11-21-19(25)14(2)28-20-23-22-18(15-7-9-16(26-3)10-8-15)24(20)13-17-6-5-12-27-17/h4,7-10,14,17H,1,5-6,11-13H2,2-3H3,(H,21,25)/t14-,17-/m1/s1. The Hall–Kier alpha value is -2.32.